The highest BCUT2D eigenvalue weighted by Crippen LogP contribution is 2.12. The van der Waals surface area contributed by atoms with E-state index in [0.29, 0.717) is 6.61 Å². The summed E-state index contributed by atoms with van der Waals surface area (Å²) in [6, 6.07) is 8.39. The van der Waals surface area contributed by atoms with Gasteiger partial charge in [0.25, 0.3) is 0 Å². The number of fused-ring (bicyclic) bond motifs is 1. The van der Waals surface area contributed by atoms with Gasteiger partial charge in [-0.2, -0.15) is 4.58 Å². The quantitative estimate of drug-likeness (QED) is 0.581. The highest BCUT2D eigenvalue weighted by atomic mass is 16.5. The van der Waals surface area contributed by atoms with Gasteiger partial charge in [-0.25, -0.2) is 0 Å². The molecule has 1 aliphatic rings. The number of nitrogens with zero attached hydrogens (tertiary/aromatic N) is 1. The summed E-state index contributed by atoms with van der Waals surface area (Å²) in [7, 11) is 2.08. The van der Waals surface area contributed by atoms with Gasteiger partial charge in [-0.3, -0.25) is 0 Å². The molecule has 0 fully saturated rings. The van der Waals surface area contributed by atoms with E-state index in [9.17, 15) is 0 Å². The molecule has 1 aliphatic heterocycles. The monoisotopic (exact) mass is 242 g/mol. The largest absolute Gasteiger partial charge is 0.487 e. The summed E-state index contributed by atoms with van der Waals surface area (Å²) >= 11 is 0. The molecule has 0 amide bonds. The molecule has 0 radical (unpaired) electrons. The lowest BCUT2D eigenvalue weighted by Gasteiger charge is -2.05. The van der Waals surface area contributed by atoms with Gasteiger partial charge >= 0.3 is 0 Å². The molecular weight excluding hydrogens is 222 g/mol. The smallest absolute Gasteiger partial charge is 0.248 e. The van der Waals surface area contributed by atoms with Crippen molar-refractivity contribution in [2.45, 2.75) is 20.8 Å². The molecular formula is C16H20NO+. The first-order valence-electron chi connectivity index (χ1n) is 6.33. The second kappa shape index (κ2) is 5.21. The maximum atomic E-state index is 5.77. The minimum Gasteiger partial charge on any atom is -0.487 e. The number of ether oxygens (including phenoxy) is 1. The van der Waals surface area contributed by atoms with E-state index in [4.69, 9.17) is 4.74 Å². The molecule has 2 nitrogen and oxygen atoms in total. The van der Waals surface area contributed by atoms with E-state index in [0.717, 1.165) is 11.5 Å². The van der Waals surface area contributed by atoms with Crippen LogP contribution in [0.15, 0.2) is 47.4 Å². The summed E-state index contributed by atoms with van der Waals surface area (Å²) in [4.78, 5) is 0. The average molecular weight is 242 g/mol. The lowest BCUT2D eigenvalue weighted by molar-refractivity contribution is 0.237. The van der Waals surface area contributed by atoms with Crippen LogP contribution in [0.25, 0.3) is 6.08 Å². The maximum absolute atomic E-state index is 5.77. The molecule has 0 spiro atoms. The molecule has 94 valence electrons. The number of rotatable bonds is 3. The van der Waals surface area contributed by atoms with Crippen molar-refractivity contribution in [2.24, 2.45) is 0 Å². The van der Waals surface area contributed by atoms with Crippen molar-refractivity contribution in [1.29, 1.82) is 0 Å². The normalized spacial score (nSPS) is 15.9. The fourth-order valence-corrected chi connectivity index (χ4v) is 2.13. The summed E-state index contributed by atoms with van der Waals surface area (Å²) in [6.07, 6.45) is 4.28. The van der Waals surface area contributed by atoms with Gasteiger partial charge in [-0.15, -0.1) is 0 Å². The zero-order valence-electron chi connectivity index (χ0n) is 11.5. The fourth-order valence-electron chi connectivity index (χ4n) is 2.13. The minimum absolute atomic E-state index is 0.681. The topological polar surface area (TPSA) is 12.2 Å². The van der Waals surface area contributed by atoms with Crippen LogP contribution in [0.3, 0.4) is 0 Å². The summed E-state index contributed by atoms with van der Waals surface area (Å²) in [6.45, 7) is 6.87. The third-order valence-electron chi connectivity index (χ3n) is 2.92. The molecule has 1 heterocycles. The van der Waals surface area contributed by atoms with Gasteiger partial charge in [0, 0.05) is 12.1 Å². The molecule has 2 rings (SSSR count). The van der Waals surface area contributed by atoms with Crippen molar-refractivity contribution < 1.29 is 4.74 Å². The molecule has 0 atom stereocenters. The third-order valence-corrected chi connectivity index (χ3v) is 2.92. The van der Waals surface area contributed by atoms with Crippen LogP contribution in [-0.2, 0) is 4.74 Å². The van der Waals surface area contributed by atoms with Crippen LogP contribution in [0, 0.1) is 0 Å². The Morgan fingerprint density at radius 1 is 1.28 bits per heavy atom. The molecule has 0 saturated carbocycles. The minimum atomic E-state index is 0.681. The molecule has 0 N–H and O–H groups in total. The Hall–Kier alpha value is -1.83. The molecule has 2 heteroatoms. The van der Waals surface area contributed by atoms with Crippen LogP contribution in [0.1, 0.15) is 20.8 Å². The molecule has 0 aromatic heterocycles. The zero-order valence-corrected chi connectivity index (χ0v) is 11.5. The summed E-state index contributed by atoms with van der Waals surface area (Å²) in [5.74, 6) is 0.941. The predicted octanol–water partition coefficient (Wildman–Crippen LogP) is 1.82. The maximum Gasteiger partial charge on any atom is 0.248 e. The van der Waals surface area contributed by atoms with Crippen LogP contribution < -0.4 is 15.2 Å². The van der Waals surface area contributed by atoms with Gasteiger partial charge in [0.05, 0.1) is 11.8 Å². The first-order chi connectivity index (χ1) is 8.63. The van der Waals surface area contributed by atoms with Crippen molar-refractivity contribution in [3.63, 3.8) is 0 Å². The molecule has 0 aliphatic carbocycles. The molecule has 18 heavy (non-hydrogen) atoms. The first kappa shape index (κ1) is 12.6. The zero-order chi connectivity index (χ0) is 13.1. The lowest BCUT2D eigenvalue weighted by atomic mass is 10.2. The highest BCUT2D eigenvalue weighted by molar-refractivity contribution is 5.53. The van der Waals surface area contributed by atoms with Crippen molar-refractivity contribution in [1.82, 2.24) is 4.58 Å². The van der Waals surface area contributed by atoms with E-state index in [1.807, 2.05) is 6.92 Å². The van der Waals surface area contributed by atoms with Crippen molar-refractivity contribution in [3.05, 3.63) is 57.9 Å². The molecule has 1 aromatic rings. The lowest BCUT2D eigenvalue weighted by Crippen LogP contribution is -2.30. The van der Waals surface area contributed by atoms with Crippen molar-refractivity contribution >= 4 is 6.08 Å². The van der Waals surface area contributed by atoms with E-state index in [1.165, 1.54) is 16.1 Å². The van der Waals surface area contributed by atoms with E-state index in [2.05, 4.69) is 61.9 Å². The van der Waals surface area contributed by atoms with E-state index in [1.54, 1.807) is 0 Å². The molecule has 1 aromatic carbocycles. The van der Waals surface area contributed by atoms with Gasteiger partial charge < -0.3 is 4.74 Å². The molecule has 0 unspecified atom stereocenters. The van der Waals surface area contributed by atoms with E-state index in [-0.39, 0.29) is 0 Å². The number of hydrogen-bond acceptors (Lipinski definition) is 1. The number of para-hydroxylation sites is 1. The van der Waals surface area contributed by atoms with E-state index < -0.39 is 0 Å². The van der Waals surface area contributed by atoms with E-state index >= 15 is 0 Å². The third kappa shape index (κ3) is 2.37. The van der Waals surface area contributed by atoms with Crippen LogP contribution in [-0.4, -0.2) is 13.7 Å². The van der Waals surface area contributed by atoms with Gasteiger partial charge in [-0.1, -0.05) is 17.7 Å². The summed E-state index contributed by atoms with van der Waals surface area (Å²) in [5.41, 5.74) is 2.36. The van der Waals surface area contributed by atoms with Crippen LogP contribution in [0.2, 0.25) is 0 Å². The second-order valence-electron chi connectivity index (χ2n) is 4.67. The Labute approximate surface area is 108 Å². The fraction of sp³-hybridized carbons (Fsp3) is 0.312. The Bertz CT molecular complexity index is 631. The van der Waals surface area contributed by atoms with Gasteiger partial charge in [0.1, 0.15) is 7.05 Å². The van der Waals surface area contributed by atoms with Crippen LogP contribution >= 0.6 is 0 Å². The second-order valence-corrected chi connectivity index (χ2v) is 4.67. The van der Waals surface area contributed by atoms with Gasteiger partial charge in [0.2, 0.25) is 11.1 Å². The Kier molecular flexibility index (Phi) is 3.66. The number of benzene rings is 1. The number of allylic oxidation sites excluding steroid dienone is 3. The first-order valence-corrected chi connectivity index (χ1v) is 6.33. The Morgan fingerprint density at radius 3 is 2.61 bits per heavy atom. The van der Waals surface area contributed by atoms with Gasteiger partial charge in [-0.05, 0) is 32.9 Å². The highest BCUT2D eigenvalue weighted by Gasteiger charge is 2.19. The van der Waals surface area contributed by atoms with Gasteiger partial charge in [0.15, 0.2) is 5.76 Å². The van der Waals surface area contributed by atoms with Crippen LogP contribution in [0.5, 0.6) is 0 Å². The average Bonchev–Trinajstić information content (AvgIpc) is 2.66. The predicted molar refractivity (Wildman–Crippen MR) is 75.4 cm³/mol. The SMILES string of the molecule is CCO/C(C=C(C)C)=C1/C=c2ccccc2=[N+]1C. The standard InChI is InChI=1S/C16H20NO/c1-5-18-16(10-12(2)3)15-11-13-8-6-7-9-14(13)17(15)4/h6-11H,5H2,1-4H3/q+1/b16-15-. The van der Waals surface area contributed by atoms with Crippen molar-refractivity contribution in [2.75, 3.05) is 13.7 Å². The Morgan fingerprint density at radius 2 is 2.00 bits per heavy atom. The molecule has 0 bridgehead atoms. The summed E-state index contributed by atoms with van der Waals surface area (Å²) < 4.78 is 7.95. The summed E-state index contributed by atoms with van der Waals surface area (Å²) in [5, 5.41) is 2.47. The Balaban J connectivity index is 2.65. The molecule has 0 saturated heterocycles. The van der Waals surface area contributed by atoms with Crippen molar-refractivity contribution in [3.8, 4) is 0 Å². The van der Waals surface area contributed by atoms with Crippen LogP contribution in [0.4, 0.5) is 0 Å². The number of hydrogen-bond donors (Lipinski definition) is 0.